The number of rotatable bonds is 3. The molecule has 0 saturated heterocycles. The molecule has 0 aliphatic carbocycles. The second-order valence-corrected chi connectivity index (χ2v) is 4.09. The van der Waals surface area contributed by atoms with Gasteiger partial charge in [0.15, 0.2) is 0 Å². The fourth-order valence-corrected chi connectivity index (χ4v) is 1.92. The highest BCUT2D eigenvalue weighted by atomic mass is 16.5. The Hall–Kier alpha value is -2.17. The summed E-state index contributed by atoms with van der Waals surface area (Å²) in [4.78, 5) is 0. The number of nitrogens with two attached hydrogens (primary N) is 1. The van der Waals surface area contributed by atoms with Gasteiger partial charge in [0, 0.05) is 24.2 Å². The van der Waals surface area contributed by atoms with Crippen molar-refractivity contribution in [2.75, 3.05) is 20.0 Å². The van der Waals surface area contributed by atoms with Crippen LogP contribution in [0.1, 0.15) is 5.56 Å². The zero-order valence-corrected chi connectivity index (χ0v) is 11.0. The van der Waals surface area contributed by atoms with Crippen LogP contribution in [0.3, 0.4) is 0 Å². The fourth-order valence-electron chi connectivity index (χ4n) is 1.92. The lowest BCUT2D eigenvalue weighted by Crippen LogP contribution is -1.99. The largest absolute Gasteiger partial charge is 0.496 e. The monoisotopic (exact) mass is 247 g/mol. The van der Waals surface area contributed by atoms with Crippen LogP contribution in [0.5, 0.6) is 11.5 Å². The molecule has 18 heavy (non-hydrogen) atoms. The van der Waals surface area contributed by atoms with Gasteiger partial charge in [-0.2, -0.15) is 5.10 Å². The van der Waals surface area contributed by atoms with Gasteiger partial charge in [-0.05, 0) is 18.6 Å². The van der Waals surface area contributed by atoms with Gasteiger partial charge >= 0.3 is 0 Å². The average molecular weight is 247 g/mol. The standard InChI is InChI=1S/C13H17N3O2/c1-8-5-9(10-7-15-16(2)13(10)14)12(18-4)6-11(8)17-3/h5-7H,14H2,1-4H3. The number of ether oxygens (including phenoxy) is 2. The summed E-state index contributed by atoms with van der Waals surface area (Å²) in [6.45, 7) is 1.98. The minimum atomic E-state index is 0.609. The quantitative estimate of drug-likeness (QED) is 0.901. The molecule has 0 unspecified atom stereocenters. The summed E-state index contributed by atoms with van der Waals surface area (Å²) in [5.74, 6) is 2.12. The van der Waals surface area contributed by atoms with Crippen LogP contribution < -0.4 is 15.2 Å². The lowest BCUT2D eigenvalue weighted by Gasteiger charge is -2.12. The van der Waals surface area contributed by atoms with E-state index < -0.39 is 0 Å². The van der Waals surface area contributed by atoms with E-state index in [1.165, 1.54) is 0 Å². The Morgan fingerprint density at radius 2 is 1.78 bits per heavy atom. The lowest BCUT2D eigenvalue weighted by molar-refractivity contribution is 0.393. The first kappa shape index (κ1) is 12.3. The molecule has 0 atom stereocenters. The first-order chi connectivity index (χ1) is 8.58. The number of aryl methyl sites for hydroxylation is 2. The molecule has 0 bridgehead atoms. The van der Waals surface area contributed by atoms with Crippen molar-refractivity contribution in [1.82, 2.24) is 9.78 Å². The highest BCUT2D eigenvalue weighted by molar-refractivity contribution is 5.79. The van der Waals surface area contributed by atoms with Crippen molar-refractivity contribution < 1.29 is 9.47 Å². The predicted molar refractivity (Wildman–Crippen MR) is 70.9 cm³/mol. The van der Waals surface area contributed by atoms with Crippen molar-refractivity contribution in [3.05, 3.63) is 23.9 Å². The normalized spacial score (nSPS) is 10.4. The van der Waals surface area contributed by atoms with Crippen LogP contribution in [0.25, 0.3) is 11.1 Å². The van der Waals surface area contributed by atoms with Crippen LogP contribution in [0.4, 0.5) is 5.82 Å². The Balaban J connectivity index is 2.63. The number of methoxy groups -OCH3 is 2. The van der Waals surface area contributed by atoms with Gasteiger partial charge < -0.3 is 15.2 Å². The number of nitrogen functional groups attached to an aromatic ring is 1. The second kappa shape index (κ2) is 4.60. The second-order valence-electron chi connectivity index (χ2n) is 4.09. The van der Waals surface area contributed by atoms with E-state index in [4.69, 9.17) is 15.2 Å². The van der Waals surface area contributed by atoms with Gasteiger partial charge in [0.25, 0.3) is 0 Å². The zero-order valence-electron chi connectivity index (χ0n) is 11.0. The van der Waals surface area contributed by atoms with Gasteiger partial charge in [-0.1, -0.05) is 0 Å². The van der Waals surface area contributed by atoms with Crippen LogP contribution in [0.2, 0.25) is 0 Å². The molecule has 1 aromatic heterocycles. The molecule has 0 aliphatic heterocycles. The Kier molecular flexibility index (Phi) is 3.14. The molecule has 1 heterocycles. The van der Waals surface area contributed by atoms with E-state index in [9.17, 15) is 0 Å². The van der Waals surface area contributed by atoms with Crippen molar-refractivity contribution in [3.63, 3.8) is 0 Å². The zero-order chi connectivity index (χ0) is 13.3. The molecule has 1 aromatic carbocycles. The molecule has 0 amide bonds. The maximum absolute atomic E-state index is 5.99. The maximum Gasteiger partial charge on any atom is 0.130 e. The van der Waals surface area contributed by atoms with Crippen LogP contribution in [0, 0.1) is 6.92 Å². The smallest absolute Gasteiger partial charge is 0.130 e. The minimum absolute atomic E-state index is 0.609. The number of anilines is 1. The fraction of sp³-hybridized carbons (Fsp3) is 0.308. The van der Waals surface area contributed by atoms with Gasteiger partial charge in [-0.15, -0.1) is 0 Å². The van der Waals surface area contributed by atoms with Crippen molar-refractivity contribution >= 4 is 5.82 Å². The third-order valence-electron chi connectivity index (χ3n) is 2.99. The van der Waals surface area contributed by atoms with Crippen LogP contribution >= 0.6 is 0 Å². The molecule has 0 aliphatic rings. The van der Waals surface area contributed by atoms with Gasteiger partial charge in [-0.3, -0.25) is 4.68 Å². The van der Waals surface area contributed by atoms with E-state index in [-0.39, 0.29) is 0 Å². The molecule has 0 radical (unpaired) electrons. The molecule has 5 nitrogen and oxygen atoms in total. The van der Waals surface area contributed by atoms with Crippen molar-refractivity contribution in [3.8, 4) is 22.6 Å². The highest BCUT2D eigenvalue weighted by Gasteiger charge is 2.15. The Labute approximate surface area is 106 Å². The molecule has 2 N–H and O–H groups in total. The summed E-state index contributed by atoms with van der Waals surface area (Å²) >= 11 is 0. The van der Waals surface area contributed by atoms with Gasteiger partial charge in [-0.25, -0.2) is 0 Å². The Bertz CT molecular complexity index is 576. The molecule has 0 saturated carbocycles. The number of hydrogen-bond donors (Lipinski definition) is 1. The lowest BCUT2D eigenvalue weighted by atomic mass is 10.0. The third-order valence-corrected chi connectivity index (χ3v) is 2.99. The average Bonchev–Trinajstić information content (AvgIpc) is 2.70. The van der Waals surface area contributed by atoms with Crippen molar-refractivity contribution in [1.29, 1.82) is 0 Å². The summed E-state index contributed by atoms with van der Waals surface area (Å²) in [6, 6.07) is 3.85. The summed E-state index contributed by atoms with van der Waals surface area (Å²) in [5, 5.41) is 4.15. The van der Waals surface area contributed by atoms with Crippen molar-refractivity contribution in [2.45, 2.75) is 6.92 Å². The molecular weight excluding hydrogens is 230 g/mol. The molecule has 5 heteroatoms. The summed E-state index contributed by atoms with van der Waals surface area (Å²) in [7, 11) is 5.07. The number of benzene rings is 1. The topological polar surface area (TPSA) is 62.3 Å². The molecule has 0 fully saturated rings. The minimum Gasteiger partial charge on any atom is -0.496 e. The highest BCUT2D eigenvalue weighted by Crippen LogP contribution is 2.37. The van der Waals surface area contributed by atoms with Gasteiger partial charge in [0.1, 0.15) is 17.3 Å². The summed E-state index contributed by atoms with van der Waals surface area (Å²) < 4.78 is 12.3. The maximum atomic E-state index is 5.99. The van der Waals surface area contributed by atoms with Crippen molar-refractivity contribution in [2.24, 2.45) is 7.05 Å². The summed E-state index contributed by atoms with van der Waals surface area (Å²) in [6.07, 6.45) is 1.74. The number of aromatic nitrogens is 2. The third kappa shape index (κ3) is 1.88. The number of nitrogens with zero attached hydrogens (tertiary/aromatic N) is 2. The molecule has 0 spiro atoms. The van der Waals surface area contributed by atoms with Crippen LogP contribution in [-0.2, 0) is 7.05 Å². The van der Waals surface area contributed by atoms with E-state index in [0.29, 0.717) is 5.82 Å². The van der Waals surface area contributed by atoms with Gasteiger partial charge in [0.05, 0.1) is 20.4 Å². The van der Waals surface area contributed by atoms with Crippen LogP contribution in [-0.4, -0.2) is 24.0 Å². The summed E-state index contributed by atoms with van der Waals surface area (Å²) in [5.41, 5.74) is 8.80. The van der Waals surface area contributed by atoms with E-state index in [1.807, 2.05) is 26.1 Å². The van der Waals surface area contributed by atoms with Crippen LogP contribution in [0.15, 0.2) is 18.3 Å². The first-order valence-corrected chi connectivity index (χ1v) is 5.59. The van der Waals surface area contributed by atoms with E-state index >= 15 is 0 Å². The Morgan fingerprint density at radius 1 is 1.11 bits per heavy atom. The first-order valence-electron chi connectivity index (χ1n) is 5.59. The van der Waals surface area contributed by atoms with Gasteiger partial charge in [0.2, 0.25) is 0 Å². The molecule has 2 aromatic rings. The van der Waals surface area contributed by atoms with E-state index in [2.05, 4.69) is 5.10 Å². The Morgan fingerprint density at radius 3 is 2.28 bits per heavy atom. The van der Waals surface area contributed by atoms with E-state index in [1.54, 1.807) is 25.1 Å². The molecular formula is C13H17N3O2. The molecule has 2 rings (SSSR count). The van der Waals surface area contributed by atoms with E-state index in [0.717, 1.165) is 28.2 Å². The molecule has 96 valence electrons. The predicted octanol–water partition coefficient (Wildman–Crippen LogP) is 1.99. The number of hydrogen-bond acceptors (Lipinski definition) is 4. The SMILES string of the molecule is COc1cc(OC)c(-c2cnn(C)c2N)cc1C.